The number of rotatable bonds is 3. The summed E-state index contributed by atoms with van der Waals surface area (Å²) in [5.74, 6) is -1.08. The Hall–Kier alpha value is -2.20. The molecule has 0 amide bonds. The highest BCUT2D eigenvalue weighted by Crippen LogP contribution is 2.31. The van der Waals surface area contributed by atoms with Crippen LogP contribution in [0.15, 0.2) is 30.8 Å². The number of carbonyl (C=O) groups is 1. The van der Waals surface area contributed by atoms with Crippen LogP contribution in [0.3, 0.4) is 0 Å². The molecule has 4 nitrogen and oxygen atoms in total. The van der Waals surface area contributed by atoms with Gasteiger partial charge >= 0.3 is 5.97 Å². The summed E-state index contributed by atoms with van der Waals surface area (Å²) in [6.07, 6.45) is 0. The van der Waals surface area contributed by atoms with Gasteiger partial charge in [0, 0.05) is 34.6 Å². The zero-order valence-corrected chi connectivity index (χ0v) is 11.9. The number of hydrogen-bond donors (Lipinski definition) is 2. The van der Waals surface area contributed by atoms with Gasteiger partial charge in [0.25, 0.3) is 0 Å². The second-order valence-corrected chi connectivity index (χ2v) is 4.97. The molecule has 1 aromatic carbocycles. The van der Waals surface area contributed by atoms with Gasteiger partial charge in [-0.05, 0) is 31.2 Å². The van der Waals surface area contributed by atoms with Gasteiger partial charge in [0.15, 0.2) is 0 Å². The van der Waals surface area contributed by atoms with Crippen molar-refractivity contribution in [1.82, 2.24) is 4.57 Å². The van der Waals surface area contributed by atoms with Crippen LogP contribution >= 0.6 is 11.6 Å². The van der Waals surface area contributed by atoms with Crippen molar-refractivity contribution in [1.29, 1.82) is 0 Å². The molecule has 0 radical (unpaired) electrons. The van der Waals surface area contributed by atoms with Gasteiger partial charge in [-0.25, -0.2) is 4.79 Å². The first-order valence-electron chi connectivity index (χ1n) is 5.90. The van der Waals surface area contributed by atoms with E-state index in [-0.39, 0.29) is 11.3 Å². The fraction of sp³-hybridized carbons (Fsp3) is 0.133. The number of aliphatic hydroxyl groups is 1. The first-order chi connectivity index (χ1) is 9.32. The number of carboxylic acids is 1. The summed E-state index contributed by atoms with van der Waals surface area (Å²) in [5, 5.41) is 19.3. The van der Waals surface area contributed by atoms with E-state index in [2.05, 4.69) is 6.58 Å². The number of aromatic carboxylic acids is 1. The number of aromatic nitrogens is 1. The van der Waals surface area contributed by atoms with Crippen molar-refractivity contribution < 1.29 is 15.0 Å². The molecule has 104 valence electrons. The van der Waals surface area contributed by atoms with Crippen molar-refractivity contribution in [3.63, 3.8) is 0 Å². The summed E-state index contributed by atoms with van der Waals surface area (Å²) in [6, 6.07) is 6.31. The van der Waals surface area contributed by atoms with Gasteiger partial charge in [0.1, 0.15) is 5.76 Å². The second-order valence-electron chi connectivity index (χ2n) is 4.53. The number of halogens is 1. The highest BCUT2D eigenvalue weighted by Gasteiger charge is 2.18. The Morgan fingerprint density at radius 3 is 2.40 bits per heavy atom. The van der Waals surface area contributed by atoms with Crippen molar-refractivity contribution in [2.24, 2.45) is 7.05 Å². The summed E-state index contributed by atoms with van der Waals surface area (Å²) < 4.78 is 1.80. The second kappa shape index (κ2) is 5.06. The van der Waals surface area contributed by atoms with Crippen LogP contribution in [0.1, 0.15) is 21.6 Å². The normalized spacial score (nSPS) is 10.6. The fourth-order valence-electron chi connectivity index (χ4n) is 2.16. The van der Waals surface area contributed by atoms with E-state index in [1.807, 2.05) is 6.92 Å². The molecule has 0 bridgehead atoms. The summed E-state index contributed by atoms with van der Waals surface area (Å²) in [7, 11) is 1.80. The van der Waals surface area contributed by atoms with Crippen LogP contribution in [0, 0.1) is 6.92 Å². The van der Waals surface area contributed by atoms with E-state index in [1.165, 1.54) is 12.1 Å². The van der Waals surface area contributed by atoms with Crippen LogP contribution in [0.25, 0.3) is 17.0 Å². The van der Waals surface area contributed by atoms with Crippen molar-refractivity contribution in [2.45, 2.75) is 6.92 Å². The van der Waals surface area contributed by atoms with E-state index >= 15 is 0 Å². The Bertz CT molecular complexity index is 716. The summed E-state index contributed by atoms with van der Waals surface area (Å²) in [6.45, 7) is 5.33. The van der Waals surface area contributed by atoms with E-state index in [1.54, 1.807) is 23.7 Å². The van der Waals surface area contributed by atoms with Crippen molar-refractivity contribution in [3.05, 3.63) is 52.7 Å². The maximum atomic E-state index is 11.3. The van der Waals surface area contributed by atoms with Crippen molar-refractivity contribution in [3.8, 4) is 11.3 Å². The molecule has 2 aromatic rings. The molecule has 0 aliphatic carbocycles. The number of carboxylic acid groups (broad SMARTS) is 1. The van der Waals surface area contributed by atoms with Crippen LogP contribution in [-0.4, -0.2) is 20.7 Å². The molecule has 20 heavy (non-hydrogen) atoms. The fourth-order valence-corrected chi connectivity index (χ4v) is 2.34. The topological polar surface area (TPSA) is 62.5 Å². The lowest BCUT2D eigenvalue weighted by Gasteiger charge is -2.09. The summed E-state index contributed by atoms with van der Waals surface area (Å²) >= 11 is 5.96. The maximum Gasteiger partial charge on any atom is 0.336 e. The minimum absolute atomic E-state index is 0.0525. The van der Waals surface area contributed by atoms with E-state index in [0.717, 1.165) is 5.69 Å². The van der Waals surface area contributed by atoms with Crippen LogP contribution in [0.4, 0.5) is 0 Å². The highest BCUT2D eigenvalue weighted by molar-refractivity contribution is 6.31. The Balaban J connectivity index is 2.74. The number of aliphatic hydroxyl groups excluding tert-OH is 1. The third-order valence-corrected chi connectivity index (χ3v) is 3.57. The monoisotopic (exact) mass is 291 g/mol. The van der Waals surface area contributed by atoms with Gasteiger partial charge < -0.3 is 14.8 Å². The standard InChI is InChI=1S/C15H14ClNO3/c1-8-12(9(2)18)7-14(17(8)3)13-6-10(16)4-5-11(13)15(19)20/h4-7,18H,2H2,1,3H3,(H,19,20). The van der Waals surface area contributed by atoms with Gasteiger partial charge in [-0.2, -0.15) is 0 Å². The molecule has 0 aliphatic rings. The zero-order valence-electron chi connectivity index (χ0n) is 11.1. The average Bonchev–Trinajstić information content (AvgIpc) is 2.66. The molecule has 1 heterocycles. The zero-order chi connectivity index (χ0) is 15.0. The Morgan fingerprint density at radius 1 is 1.25 bits per heavy atom. The molecule has 0 atom stereocenters. The minimum Gasteiger partial charge on any atom is -0.508 e. The van der Waals surface area contributed by atoms with Gasteiger partial charge in [-0.3, -0.25) is 0 Å². The molecule has 1 aromatic heterocycles. The lowest BCUT2D eigenvalue weighted by atomic mass is 10.0. The molecule has 0 aliphatic heterocycles. The third-order valence-electron chi connectivity index (χ3n) is 3.33. The van der Waals surface area contributed by atoms with Gasteiger partial charge in [-0.15, -0.1) is 0 Å². The van der Waals surface area contributed by atoms with Gasteiger partial charge in [0.05, 0.1) is 5.56 Å². The summed E-state index contributed by atoms with van der Waals surface area (Å²) in [4.78, 5) is 11.3. The molecule has 0 saturated heterocycles. The third kappa shape index (κ3) is 2.30. The van der Waals surface area contributed by atoms with E-state index in [4.69, 9.17) is 11.6 Å². The molecule has 0 fully saturated rings. The molecule has 5 heteroatoms. The molecule has 2 rings (SSSR count). The number of benzene rings is 1. The lowest BCUT2D eigenvalue weighted by Crippen LogP contribution is -2.02. The Morgan fingerprint density at radius 2 is 1.90 bits per heavy atom. The largest absolute Gasteiger partial charge is 0.508 e. The van der Waals surface area contributed by atoms with Gasteiger partial charge in [0.2, 0.25) is 0 Å². The Labute approximate surface area is 121 Å². The molecule has 2 N–H and O–H groups in total. The van der Waals surface area contributed by atoms with Crippen LogP contribution in [0.5, 0.6) is 0 Å². The first kappa shape index (κ1) is 14.2. The minimum atomic E-state index is -1.03. The highest BCUT2D eigenvalue weighted by atomic mass is 35.5. The average molecular weight is 292 g/mol. The summed E-state index contributed by atoms with van der Waals surface area (Å²) in [5.41, 5.74) is 2.70. The lowest BCUT2D eigenvalue weighted by molar-refractivity contribution is 0.0697. The Kier molecular flexibility index (Phi) is 3.59. The first-order valence-corrected chi connectivity index (χ1v) is 6.28. The van der Waals surface area contributed by atoms with Gasteiger partial charge in [-0.1, -0.05) is 18.2 Å². The van der Waals surface area contributed by atoms with E-state index in [9.17, 15) is 15.0 Å². The molecule has 0 spiro atoms. The molecule has 0 unspecified atom stereocenters. The van der Waals surface area contributed by atoms with Crippen molar-refractivity contribution in [2.75, 3.05) is 0 Å². The molecule has 0 saturated carbocycles. The maximum absolute atomic E-state index is 11.3. The van der Waals surface area contributed by atoms with Crippen LogP contribution < -0.4 is 0 Å². The predicted molar refractivity (Wildman–Crippen MR) is 79.2 cm³/mol. The van der Waals surface area contributed by atoms with Crippen LogP contribution in [0.2, 0.25) is 5.02 Å². The quantitative estimate of drug-likeness (QED) is 0.844. The molecular formula is C15H14ClNO3. The van der Waals surface area contributed by atoms with E-state index in [0.29, 0.717) is 21.8 Å². The molecular weight excluding hydrogens is 278 g/mol. The van der Waals surface area contributed by atoms with Crippen molar-refractivity contribution >= 4 is 23.3 Å². The number of hydrogen-bond acceptors (Lipinski definition) is 2. The predicted octanol–water partition coefficient (Wildman–Crippen LogP) is 3.88. The van der Waals surface area contributed by atoms with E-state index < -0.39 is 5.97 Å². The SMILES string of the molecule is C=C(O)c1cc(-c2cc(Cl)ccc2C(=O)O)n(C)c1C. The smallest absolute Gasteiger partial charge is 0.336 e. The van der Waals surface area contributed by atoms with Crippen LogP contribution in [-0.2, 0) is 7.05 Å². The number of nitrogens with zero attached hydrogens (tertiary/aromatic N) is 1.